The first-order valence-corrected chi connectivity index (χ1v) is 9.19. The first-order valence-electron chi connectivity index (χ1n) is 9.19. The van der Waals surface area contributed by atoms with Gasteiger partial charge in [-0.05, 0) is 38.1 Å². The van der Waals surface area contributed by atoms with Crippen molar-refractivity contribution in [3.8, 4) is 0 Å². The van der Waals surface area contributed by atoms with Crippen molar-refractivity contribution < 1.29 is 9.18 Å². The van der Waals surface area contributed by atoms with Gasteiger partial charge in [0.1, 0.15) is 5.82 Å². The van der Waals surface area contributed by atoms with Gasteiger partial charge in [-0.3, -0.25) is 4.79 Å². The molecule has 27 heavy (non-hydrogen) atoms. The van der Waals surface area contributed by atoms with E-state index in [-0.39, 0.29) is 11.7 Å². The van der Waals surface area contributed by atoms with Crippen molar-refractivity contribution >= 4 is 28.5 Å². The largest absolute Gasteiger partial charge is 0.366 e. The van der Waals surface area contributed by atoms with Gasteiger partial charge in [-0.25, -0.2) is 4.39 Å². The van der Waals surface area contributed by atoms with Gasteiger partial charge in [-0.15, -0.1) is 0 Å². The molecule has 2 atom stereocenters. The van der Waals surface area contributed by atoms with Crippen molar-refractivity contribution in [1.82, 2.24) is 5.32 Å². The molecule has 0 radical (unpaired) electrons. The molecular formula is C21H23FN4O. The summed E-state index contributed by atoms with van der Waals surface area (Å²) in [4.78, 5) is 14.2. The van der Waals surface area contributed by atoms with Crippen molar-refractivity contribution in [2.75, 3.05) is 28.6 Å². The number of anilines is 3. The van der Waals surface area contributed by atoms with E-state index in [1.807, 2.05) is 30.3 Å². The number of nitrogens with zero attached hydrogens (tertiary/aromatic N) is 1. The Balaban J connectivity index is 1.53. The second-order valence-corrected chi connectivity index (χ2v) is 7.24. The van der Waals surface area contributed by atoms with Crippen LogP contribution in [0.4, 0.5) is 21.5 Å². The molecule has 0 bridgehead atoms. The number of benzene rings is 2. The average molecular weight is 366 g/mol. The summed E-state index contributed by atoms with van der Waals surface area (Å²) in [5, 5.41) is 9.33. The van der Waals surface area contributed by atoms with Crippen LogP contribution in [0.2, 0.25) is 0 Å². The second kappa shape index (κ2) is 7.04. The van der Waals surface area contributed by atoms with Crippen LogP contribution >= 0.6 is 0 Å². The first-order chi connectivity index (χ1) is 13.0. The predicted octanol–water partition coefficient (Wildman–Crippen LogP) is 3.42. The summed E-state index contributed by atoms with van der Waals surface area (Å²) < 4.78 is 14.7. The minimum absolute atomic E-state index is 0.162. The van der Waals surface area contributed by atoms with E-state index in [9.17, 15) is 9.18 Å². The molecule has 4 rings (SSSR count). The highest BCUT2D eigenvalue weighted by atomic mass is 19.1. The highest BCUT2D eigenvalue weighted by Gasteiger charge is 2.24. The summed E-state index contributed by atoms with van der Waals surface area (Å²) >= 11 is 0. The first kappa shape index (κ1) is 17.5. The van der Waals surface area contributed by atoms with Crippen LogP contribution < -0.4 is 20.9 Å². The summed E-state index contributed by atoms with van der Waals surface area (Å²) in [7, 11) is 0. The standard InChI is InChI=1S/C21H23FN4O/c1-13-11-26(12-14(2)24-13)20-8-7-15(9-18(20)22)23-10-17-16-5-3-4-6-19(16)25-21(17)27/h3-10,13-14,23-24H,11-12H2,1-2H3,(H,25,27)/b17-10+. The average Bonchev–Trinajstić information content (AvgIpc) is 2.94. The minimum atomic E-state index is -0.268. The quantitative estimate of drug-likeness (QED) is 0.729. The van der Waals surface area contributed by atoms with E-state index in [2.05, 4.69) is 34.7 Å². The smallest absolute Gasteiger partial charge is 0.257 e. The van der Waals surface area contributed by atoms with E-state index in [4.69, 9.17) is 0 Å². The molecule has 0 aliphatic carbocycles. The summed E-state index contributed by atoms with van der Waals surface area (Å²) in [6.07, 6.45) is 1.63. The van der Waals surface area contributed by atoms with Crippen molar-refractivity contribution in [2.45, 2.75) is 25.9 Å². The van der Waals surface area contributed by atoms with Crippen LogP contribution in [0.3, 0.4) is 0 Å². The minimum Gasteiger partial charge on any atom is -0.366 e. The van der Waals surface area contributed by atoms with E-state index < -0.39 is 0 Å². The van der Waals surface area contributed by atoms with Crippen LogP contribution in [-0.2, 0) is 4.79 Å². The summed E-state index contributed by atoms with van der Waals surface area (Å²) in [5.41, 5.74) is 3.39. The Bertz CT molecular complexity index is 901. The van der Waals surface area contributed by atoms with Gasteiger partial charge in [0.05, 0.1) is 11.3 Å². The van der Waals surface area contributed by atoms with E-state index in [0.717, 1.165) is 24.3 Å². The summed E-state index contributed by atoms with van der Waals surface area (Å²) in [6, 6.07) is 13.2. The van der Waals surface area contributed by atoms with E-state index in [1.165, 1.54) is 6.07 Å². The third-order valence-electron chi connectivity index (χ3n) is 4.94. The van der Waals surface area contributed by atoms with Crippen molar-refractivity contribution in [2.24, 2.45) is 0 Å². The second-order valence-electron chi connectivity index (χ2n) is 7.24. The molecule has 2 aliphatic heterocycles. The molecular weight excluding hydrogens is 343 g/mol. The number of hydrogen-bond acceptors (Lipinski definition) is 4. The lowest BCUT2D eigenvalue weighted by Crippen LogP contribution is -2.54. The summed E-state index contributed by atoms with van der Waals surface area (Å²) in [5.74, 6) is -0.430. The number of nitrogens with one attached hydrogen (secondary N) is 3. The number of piperazine rings is 1. The number of fused-ring (bicyclic) bond motifs is 1. The highest BCUT2D eigenvalue weighted by molar-refractivity contribution is 6.31. The van der Waals surface area contributed by atoms with Crippen LogP contribution in [0.1, 0.15) is 19.4 Å². The lowest BCUT2D eigenvalue weighted by atomic mass is 10.1. The molecule has 1 fully saturated rings. The zero-order valence-electron chi connectivity index (χ0n) is 15.4. The Kier molecular flexibility index (Phi) is 4.58. The number of carbonyl (C=O) groups is 1. The van der Waals surface area contributed by atoms with Crippen LogP contribution in [0.25, 0.3) is 5.57 Å². The molecule has 140 valence electrons. The maximum absolute atomic E-state index is 14.7. The molecule has 5 nitrogen and oxygen atoms in total. The number of halogens is 1. The zero-order valence-corrected chi connectivity index (χ0v) is 15.4. The number of amides is 1. The van der Waals surface area contributed by atoms with E-state index in [0.29, 0.717) is 29.0 Å². The number of hydrogen-bond donors (Lipinski definition) is 3. The van der Waals surface area contributed by atoms with Crippen molar-refractivity contribution in [3.63, 3.8) is 0 Å². The molecule has 0 spiro atoms. The lowest BCUT2D eigenvalue weighted by molar-refractivity contribution is -0.110. The molecule has 2 unspecified atom stereocenters. The fourth-order valence-corrected chi connectivity index (χ4v) is 3.81. The van der Waals surface area contributed by atoms with Gasteiger partial charge in [-0.1, -0.05) is 18.2 Å². The van der Waals surface area contributed by atoms with Gasteiger partial charge in [0.15, 0.2) is 0 Å². The fraction of sp³-hybridized carbons (Fsp3) is 0.286. The van der Waals surface area contributed by atoms with Crippen LogP contribution in [0.15, 0.2) is 48.7 Å². The third-order valence-corrected chi connectivity index (χ3v) is 4.94. The van der Waals surface area contributed by atoms with E-state index >= 15 is 0 Å². The molecule has 0 aromatic heterocycles. The van der Waals surface area contributed by atoms with Gasteiger partial charge in [0, 0.05) is 48.3 Å². The third kappa shape index (κ3) is 3.53. The Morgan fingerprint density at radius 3 is 2.63 bits per heavy atom. The Morgan fingerprint density at radius 2 is 1.89 bits per heavy atom. The van der Waals surface area contributed by atoms with Crippen molar-refractivity contribution in [1.29, 1.82) is 0 Å². The highest BCUT2D eigenvalue weighted by Crippen LogP contribution is 2.31. The Labute approximate surface area is 158 Å². The van der Waals surface area contributed by atoms with Crippen LogP contribution in [-0.4, -0.2) is 31.1 Å². The van der Waals surface area contributed by atoms with E-state index in [1.54, 1.807) is 12.3 Å². The molecule has 1 amide bonds. The normalized spacial score (nSPS) is 23.3. The monoisotopic (exact) mass is 366 g/mol. The molecule has 2 aromatic carbocycles. The molecule has 1 saturated heterocycles. The molecule has 2 heterocycles. The topological polar surface area (TPSA) is 56.4 Å². The van der Waals surface area contributed by atoms with Gasteiger partial charge in [-0.2, -0.15) is 0 Å². The molecule has 2 aromatic rings. The van der Waals surface area contributed by atoms with Crippen LogP contribution in [0, 0.1) is 5.82 Å². The molecule has 3 N–H and O–H groups in total. The molecule has 0 saturated carbocycles. The van der Waals surface area contributed by atoms with Gasteiger partial charge >= 0.3 is 0 Å². The summed E-state index contributed by atoms with van der Waals surface area (Å²) in [6.45, 7) is 5.75. The number of rotatable bonds is 3. The van der Waals surface area contributed by atoms with Gasteiger partial charge in [0.25, 0.3) is 5.91 Å². The predicted molar refractivity (Wildman–Crippen MR) is 107 cm³/mol. The molecule has 6 heteroatoms. The maximum atomic E-state index is 14.7. The van der Waals surface area contributed by atoms with Crippen LogP contribution in [0.5, 0.6) is 0 Å². The zero-order chi connectivity index (χ0) is 19.0. The van der Waals surface area contributed by atoms with Crippen molar-refractivity contribution in [3.05, 3.63) is 60.0 Å². The Hall–Kier alpha value is -2.86. The maximum Gasteiger partial charge on any atom is 0.257 e. The Morgan fingerprint density at radius 1 is 1.15 bits per heavy atom. The molecule has 2 aliphatic rings. The van der Waals surface area contributed by atoms with Gasteiger partial charge in [0.2, 0.25) is 0 Å². The number of carbonyl (C=O) groups excluding carboxylic acids is 1. The SMILES string of the molecule is CC1CN(c2ccc(N/C=C3/C(=O)Nc4ccccc43)cc2F)CC(C)N1. The van der Waals surface area contributed by atoms with Gasteiger partial charge < -0.3 is 20.9 Å². The lowest BCUT2D eigenvalue weighted by Gasteiger charge is -2.37. The fourth-order valence-electron chi connectivity index (χ4n) is 3.81. The number of para-hydroxylation sites is 1.